The topological polar surface area (TPSA) is 123 Å². The average molecular weight is 338 g/mol. The van der Waals surface area contributed by atoms with Gasteiger partial charge in [0, 0.05) is 17.9 Å². The van der Waals surface area contributed by atoms with Crippen LogP contribution in [0.3, 0.4) is 0 Å². The fourth-order valence-electron chi connectivity index (χ4n) is 1.42. The lowest BCUT2D eigenvalue weighted by Crippen LogP contribution is -2.30. The van der Waals surface area contributed by atoms with Crippen molar-refractivity contribution in [3.05, 3.63) is 29.6 Å². The van der Waals surface area contributed by atoms with Gasteiger partial charge in [0.25, 0.3) is 5.91 Å². The number of hydrogen-bond donors (Lipinski definition) is 2. The molecule has 7 nitrogen and oxygen atoms in total. The lowest BCUT2D eigenvalue weighted by molar-refractivity contribution is 0.0955. The summed E-state index contributed by atoms with van der Waals surface area (Å²) in [5.74, 6) is -2.04. The van der Waals surface area contributed by atoms with E-state index in [2.05, 4.69) is 5.32 Å². The maximum Gasteiger partial charge on any atom is 0.251 e. The van der Waals surface area contributed by atoms with Crippen molar-refractivity contribution in [2.24, 2.45) is 5.14 Å². The smallest absolute Gasteiger partial charge is 0.251 e. The Morgan fingerprint density at radius 1 is 1.24 bits per heavy atom. The second kappa shape index (κ2) is 6.50. The van der Waals surface area contributed by atoms with Gasteiger partial charge in [-0.3, -0.25) is 4.79 Å². The number of carbonyl (C=O) groups excluding carboxylic acids is 1. The fourth-order valence-corrected chi connectivity index (χ4v) is 2.69. The first-order valence-corrected chi connectivity index (χ1v) is 9.24. The summed E-state index contributed by atoms with van der Waals surface area (Å²) in [6.07, 6.45) is 0. The summed E-state index contributed by atoms with van der Waals surface area (Å²) in [6.45, 7) is 1.32. The summed E-state index contributed by atoms with van der Waals surface area (Å²) in [5.41, 5.74) is -0.257. The monoisotopic (exact) mass is 338 g/mol. The minimum absolute atomic E-state index is 0.0571. The molecule has 3 N–H and O–H groups in total. The van der Waals surface area contributed by atoms with Crippen molar-refractivity contribution < 1.29 is 26.0 Å². The number of nitrogens with one attached hydrogen (secondary N) is 1. The van der Waals surface area contributed by atoms with E-state index in [0.29, 0.717) is 6.07 Å². The molecule has 1 aromatic rings. The van der Waals surface area contributed by atoms with E-state index in [0.717, 1.165) is 12.1 Å². The predicted molar refractivity (Wildman–Crippen MR) is 74.4 cm³/mol. The summed E-state index contributed by atoms with van der Waals surface area (Å²) < 4.78 is 58.1. The lowest BCUT2D eigenvalue weighted by atomic mass is 10.2. The zero-order valence-electron chi connectivity index (χ0n) is 11.2. The van der Waals surface area contributed by atoms with Crippen LogP contribution in [0.5, 0.6) is 0 Å². The molecule has 0 fully saturated rings. The zero-order chi connectivity index (χ0) is 16.3. The molecule has 0 unspecified atom stereocenters. The molecule has 21 heavy (non-hydrogen) atoms. The van der Waals surface area contributed by atoms with Gasteiger partial charge in [-0.25, -0.2) is 26.4 Å². The number of amides is 1. The van der Waals surface area contributed by atoms with Gasteiger partial charge in [0.1, 0.15) is 5.82 Å². The summed E-state index contributed by atoms with van der Waals surface area (Å²) in [6, 6.07) is 2.44. The van der Waals surface area contributed by atoms with Gasteiger partial charge in [-0.1, -0.05) is 6.92 Å². The van der Waals surface area contributed by atoms with Crippen LogP contribution in [0.4, 0.5) is 4.39 Å². The van der Waals surface area contributed by atoms with Gasteiger partial charge in [-0.05, 0) is 18.2 Å². The Labute approximate surface area is 122 Å². The summed E-state index contributed by atoms with van der Waals surface area (Å²) in [5, 5.41) is 7.14. The molecule has 0 aliphatic carbocycles. The van der Waals surface area contributed by atoms with E-state index in [4.69, 9.17) is 5.14 Å². The Morgan fingerprint density at radius 2 is 1.86 bits per heavy atom. The third-order valence-corrected chi connectivity index (χ3v) is 5.20. The van der Waals surface area contributed by atoms with E-state index < -0.39 is 36.5 Å². The van der Waals surface area contributed by atoms with Crippen molar-refractivity contribution in [2.75, 3.05) is 18.1 Å². The lowest BCUT2D eigenvalue weighted by Gasteiger charge is -2.07. The maximum atomic E-state index is 13.3. The summed E-state index contributed by atoms with van der Waals surface area (Å²) in [7, 11) is -7.39. The Hall–Kier alpha value is -1.52. The van der Waals surface area contributed by atoms with Gasteiger partial charge in [0.15, 0.2) is 9.84 Å². The normalized spacial score (nSPS) is 12.1. The van der Waals surface area contributed by atoms with Crippen LogP contribution in [0.25, 0.3) is 0 Å². The van der Waals surface area contributed by atoms with Crippen LogP contribution >= 0.6 is 0 Å². The van der Waals surface area contributed by atoms with Crippen LogP contribution in [0, 0.1) is 5.82 Å². The number of sulfone groups is 1. The average Bonchev–Trinajstić information content (AvgIpc) is 2.36. The SMILES string of the molecule is CCS(=O)(=O)CCNC(=O)c1cc(F)cc(S(N)(=O)=O)c1. The van der Waals surface area contributed by atoms with Crippen molar-refractivity contribution in [3.63, 3.8) is 0 Å². The first kappa shape index (κ1) is 17.5. The standard InChI is InChI=1S/C11H15FN2O5S2/c1-2-20(16,17)4-3-14-11(15)8-5-9(12)7-10(6-8)21(13,18)19/h5-7H,2-4H2,1H3,(H,14,15)(H2,13,18,19). The van der Waals surface area contributed by atoms with E-state index in [9.17, 15) is 26.0 Å². The third-order valence-electron chi connectivity index (χ3n) is 2.60. The van der Waals surface area contributed by atoms with Crippen LogP contribution in [0.15, 0.2) is 23.1 Å². The second-order valence-electron chi connectivity index (χ2n) is 4.21. The van der Waals surface area contributed by atoms with Gasteiger partial charge in [-0.15, -0.1) is 0 Å². The Morgan fingerprint density at radius 3 is 2.38 bits per heavy atom. The molecule has 0 heterocycles. The summed E-state index contributed by atoms with van der Waals surface area (Å²) >= 11 is 0. The minimum atomic E-state index is -4.14. The van der Waals surface area contributed by atoms with Gasteiger partial charge in [0.2, 0.25) is 10.0 Å². The third kappa shape index (κ3) is 5.40. The van der Waals surface area contributed by atoms with Gasteiger partial charge >= 0.3 is 0 Å². The molecular formula is C11H15FN2O5S2. The van der Waals surface area contributed by atoms with E-state index in [1.165, 1.54) is 6.92 Å². The van der Waals surface area contributed by atoms with Gasteiger partial charge < -0.3 is 5.32 Å². The first-order valence-electron chi connectivity index (χ1n) is 5.87. The molecule has 1 rings (SSSR count). The first-order chi connectivity index (χ1) is 9.55. The Balaban J connectivity index is 2.87. The van der Waals surface area contributed by atoms with Crippen LogP contribution in [-0.2, 0) is 19.9 Å². The van der Waals surface area contributed by atoms with Crippen LogP contribution in [0.2, 0.25) is 0 Å². The highest BCUT2D eigenvalue weighted by Crippen LogP contribution is 2.13. The predicted octanol–water partition coefficient (Wildman–Crippen LogP) is -0.362. The molecule has 0 atom stereocenters. The number of hydrogen-bond acceptors (Lipinski definition) is 5. The van der Waals surface area contributed by atoms with Crippen molar-refractivity contribution in [1.82, 2.24) is 5.32 Å². The van der Waals surface area contributed by atoms with Gasteiger partial charge in [0.05, 0.1) is 10.6 Å². The second-order valence-corrected chi connectivity index (χ2v) is 8.25. The highest BCUT2D eigenvalue weighted by Gasteiger charge is 2.15. The maximum absolute atomic E-state index is 13.3. The van der Waals surface area contributed by atoms with Crippen LogP contribution < -0.4 is 10.5 Å². The van der Waals surface area contributed by atoms with E-state index >= 15 is 0 Å². The number of carbonyl (C=O) groups is 1. The molecule has 0 aromatic heterocycles. The number of primary sulfonamides is 1. The number of rotatable bonds is 6. The molecule has 118 valence electrons. The van der Waals surface area contributed by atoms with Crippen molar-refractivity contribution in [3.8, 4) is 0 Å². The number of nitrogens with two attached hydrogens (primary N) is 1. The van der Waals surface area contributed by atoms with Crippen molar-refractivity contribution in [1.29, 1.82) is 0 Å². The molecule has 0 aliphatic rings. The minimum Gasteiger partial charge on any atom is -0.351 e. The van der Waals surface area contributed by atoms with E-state index in [1.807, 2.05) is 0 Å². The van der Waals surface area contributed by atoms with E-state index in [-0.39, 0.29) is 23.6 Å². The van der Waals surface area contributed by atoms with Crippen molar-refractivity contribution >= 4 is 25.8 Å². The molecular weight excluding hydrogens is 323 g/mol. The molecule has 0 aliphatic heterocycles. The largest absolute Gasteiger partial charge is 0.351 e. The Bertz CT molecular complexity index is 744. The summed E-state index contributed by atoms with van der Waals surface area (Å²) in [4.78, 5) is 11.2. The van der Waals surface area contributed by atoms with Crippen LogP contribution in [-0.4, -0.2) is 40.8 Å². The number of benzene rings is 1. The number of sulfonamides is 1. The fraction of sp³-hybridized carbons (Fsp3) is 0.364. The highest BCUT2D eigenvalue weighted by molar-refractivity contribution is 7.91. The van der Waals surface area contributed by atoms with Crippen LogP contribution in [0.1, 0.15) is 17.3 Å². The molecule has 0 radical (unpaired) electrons. The van der Waals surface area contributed by atoms with Crippen molar-refractivity contribution in [2.45, 2.75) is 11.8 Å². The number of halogens is 1. The molecule has 1 amide bonds. The van der Waals surface area contributed by atoms with Gasteiger partial charge in [-0.2, -0.15) is 0 Å². The quantitative estimate of drug-likeness (QED) is 0.733. The zero-order valence-corrected chi connectivity index (χ0v) is 12.8. The molecule has 0 spiro atoms. The molecule has 0 bridgehead atoms. The highest BCUT2D eigenvalue weighted by atomic mass is 32.2. The molecule has 0 saturated heterocycles. The molecule has 1 aromatic carbocycles. The Kier molecular flexibility index (Phi) is 5.42. The molecule has 0 saturated carbocycles. The van der Waals surface area contributed by atoms with E-state index in [1.54, 1.807) is 0 Å². The molecule has 10 heteroatoms.